The van der Waals surface area contributed by atoms with Gasteiger partial charge in [-0.25, -0.2) is 4.98 Å². The van der Waals surface area contributed by atoms with Crippen LogP contribution in [0.5, 0.6) is 5.75 Å². The van der Waals surface area contributed by atoms with Gasteiger partial charge in [-0.1, -0.05) is 6.07 Å². The average Bonchev–Trinajstić information content (AvgIpc) is 3.02. The number of aromatic nitrogens is 2. The van der Waals surface area contributed by atoms with E-state index in [4.69, 9.17) is 0 Å². The Balaban J connectivity index is 1.77. The summed E-state index contributed by atoms with van der Waals surface area (Å²) >= 11 is 0. The first-order valence-corrected chi connectivity index (χ1v) is 6.83. The Hall–Kier alpha value is -3.02. The lowest BCUT2D eigenvalue weighted by Crippen LogP contribution is -2.02. The summed E-state index contributed by atoms with van der Waals surface area (Å²) in [4.78, 5) is 16.3. The molecule has 2 aromatic heterocycles. The zero-order chi connectivity index (χ0) is 16.2. The van der Waals surface area contributed by atoms with Crippen molar-refractivity contribution in [2.75, 3.05) is 0 Å². The first kappa shape index (κ1) is 14.9. The van der Waals surface area contributed by atoms with E-state index >= 15 is 0 Å². The van der Waals surface area contributed by atoms with Gasteiger partial charge in [0.25, 0.3) is 0 Å². The molecule has 23 heavy (non-hydrogen) atoms. The van der Waals surface area contributed by atoms with Crippen LogP contribution in [-0.2, 0) is 0 Å². The lowest BCUT2D eigenvalue weighted by Gasteiger charge is -2.04. The smallest absolute Gasteiger partial charge is 0.387 e. The van der Waals surface area contributed by atoms with Gasteiger partial charge in [-0.05, 0) is 48.6 Å². The molecule has 0 N–H and O–H groups in total. The third kappa shape index (κ3) is 3.42. The third-order valence-electron chi connectivity index (χ3n) is 3.23. The van der Waals surface area contributed by atoms with Crippen molar-refractivity contribution in [3.8, 4) is 5.75 Å². The maximum absolute atomic E-state index is 12.1. The Morgan fingerprint density at radius 3 is 2.70 bits per heavy atom. The van der Waals surface area contributed by atoms with E-state index in [-0.39, 0.29) is 11.5 Å². The molecule has 0 spiro atoms. The second kappa shape index (κ2) is 6.39. The predicted octanol–water partition coefficient (Wildman–Crippen LogP) is 3.83. The number of ether oxygens (including phenoxy) is 1. The SMILES string of the molecule is O=C(C=Cc1cccc2nccn12)c1ccc(OC(F)F)cc1. The van der Waals surface area contributed by atoms with Crippen molar-refractivity contribution in [1.82, 2.24) is 9.38 Å². The fraction of sp³-hybridized carbons (Fsp3) is 0.0588. The molecule has 0 aliphatic carbocycles. The Kier molecular flexibility index (Phi) is 4.14. The molecular formula is C17H12F2N2O2. The topological polar surface area (TPSA) is 43.6 Å². The van der Waals surface area contributed by atoms with Crippen LogP contribution >= 0.6 is 0 Å². The molecule has 0 radical (unpaired) electrons. The van der Waals surface area contributed by atoms with E-state index in [2.05, 4.69) is 9.72 Å². The molecule has 0 aliphatic rings. The quantitative estimate of drug-likeness (QED) is 0.531. The number of hydrogen-bond acceptors (Lipinski definition) is 3. The van der Waals surface area contributed by atoms with Gasteiger partial charge in [0.2, 0.25) is 0 Å². The maximum Gasteiger partial charge on any atom is 0.387 e. The average molecular weight is 314 g/mol. The van der Waals surface area contributed by atoms with Crippen molar-refractivity contribution in [2.24, 2.45) is 0 Å². The van der Waals surface area contributed by atoms with Gasteiger partial charge in [-0.15, -0.1) is 0 Å². The van der Waals surface area contributed by atoms with E-state index in [0.29, 0.717) is 5.56 Å². The third-order valence-corrected chi connectivity index (χ3v) is 3.23. The zero-order valence-electron chi connectivity index (χ0n) is 11.9. The first-order chi connectivity index (χ1) is 11.1. The first-order valence-electron chi connectivity index (χ1n) is 6.83. The molecule has 0 atom stereocenters. The van der Waals surface area contributed by atoms with Crippen LogP contribution in [-0.4, -0.2) is 21.8 Å². The summed E-state index contributed by atoms with van der Waals surface area (Å²) in [7, 11) is 0. The van der Waals surface area contributed by atoms with Crippen LogP contribution in [0.2, 0.25) is 0 Å². The molecule has 6 heteroatoms. The number of carbonyl (C=O) groups is 1. The molecule has 3 aromatic rings. The second-order valence-corrected chi connectivity index (χ2v) is 4.71. The summed E-state index contributed by atoms with van der Waals surface area (Å²) in [5.74, 6) is -0.213. The molecule has 0 unspecified atom stereocenters. The van der Waals surface area contributed by atoms with E-state index in [0.717, 1.165) is 11.3 Å². The van der Waals surface area contributed by atoms with Crippen molar-refractivity contribution < 1.29 is 18.3 Å². The molecule has 2 heterocycles. The number of pyridine rings is 1. The number of carbonyl (C=O) groups excluding carboxylic acids is 1. The maximum atomic E-state index is 12.1. The number of alkyl halides is 2. The summed E-state index contributed by atoms with van der Waals surface area (Å²) < 4.78 is 30.3. The number of fused-ring (bicyclic) bond motifs is 1. The molecule has 0 aliphatic heterocycles. The van der Waals surface area contributed by atoms with Crippen LogP contribution in [0.25, 0.3) is 11.7 Å². The largest absolute Gasteiger partial charge is 0.435 e. The van der Waals surface area contributed by atoms with Crippen LogP contribution in [0.1, 0.15) is 16.1 Å². The summed E-state index contributed by atoms with van der Waals surface area (Å²) in [6.45, 7) is -2.88. The molecular weight excluding hydrogens is 302 g/mol. The Labute approximate surface area is 130 Å². The molecule has 0 fully saturated rings. The Morgan fingerprint density at radius 2 is 1.96 bits per heavy atom. The van der Waals surface area contributed by atoms with Crippen LogP contribution in [0.15, 0.2) is 60.9 Å². The predicted molar refractivity (Wildman–Crippen MR) is 81.6 cm³/mol. The highest BCUT2D eigenvalue weighted by Crippen LogP contribution is 2.16. The Morgan fingerprint density at radius 1 is 1.17 bits per heavy atom. The molecule has 3 rings (SSSR count). The van der Waals surface area contributed by atoms with Gasteiger partial charge in [0.15, 0.2) is 5.78 Å². The second-order valence-electron chi connectivity index (χ2n) is 4.71. The minimum absolute atomic E-state index is 0.0173. The van der Waals surface area contributed by atoms with E-state index in [9.17, 15) is 13.6 Å². The standard InChI is InChI=1S/C17H12F2N2O2/c18-17(19)23-14-7-4-12(5-8-14)15(22)9-6-13-2-1-3-16-20-10-11-21(13)16/h1-11,17H. The number of nitrogens with zero attached hydrogens (tertiary/aromatic N) is 2. The van der Waals surface area contributed by atoms with Gasteiger partial charge in [0, 0.05) is 23.7 Å². The fourth-order valence-corrected chi connectivity index (χ4v) is 2.16. The molecule has 0 amide bonds. The zero-order valence-corrected chi connectivity index (χ0v) is 11.9. The summed E-state index contributed by atoms with van der Waals surface area (Å²) in [5.41, 5.74) is 1.99. The normalized spacial score (nSPS) is 11.4. The lowest BCUT2D eigenvalue weighted by atomic mass is 10.1. The number of hydrogen-bond donors (Lipinski definition) is 0. The van der Waals surface area contributed by atoms with E-state index < -0.39 is 6.61 Å². The van der Waals surface area contributed by atoms with Gasteiger partial charge >= 0.3 is 6.61 Å². The number of halogens is 2. The van der Waals surface area contributed by atoms with E-state index in [1.807, 2.05) is 22.6 Å². The molecule has 0 bridgehead atoms. The molecule has 4 nitrogen and oxygen atoms in total. The van der Waals surface area contributed by atoms with Crippen LogP contribution in [0, 0.1) is 0 Å². The molecule has 116 valence electrons. The summed E-state index contributed by atoms with van der Waals surface area (Å²) in [6.07, 6.45) is 6.59. The number of allylic oxidation sites excluding steroid dienone is 1. The number of rotatable bonds is 5. The van der Waals surface area contributed by atoms with Gasteiger partial charge < -0.3 is 9.14 Å². The van der Waals surface area contributed by atoms with E-state index in [1.165, 1.54) is 30.3 Å². The van der Waals surface area contributed by atoms with Crippen molar-refractivity contribution in [2.45, 2.75) is 6.61 Å². The summed E-state index contributed by atoms with van der Waals surface area (Å²) in [6, 6.07) is 11.1. The van der Waals surface area contributed by atoms with Crippen LogP contribution in [0.3, 0.4) is 0 Å². The highest BCUT2D eigenvalue weighted by atomic mass is 19.3. The lowest BCUT2D eigenvalue weighted by molar-refractivity contribution is -0.0498. The van der Waals surface area contributed by atoms with Crippen molar-refractivity contribution in [1.29, 1.82) is 0 Å². The van der Waals surface area contributed by atoms with Gasteiger partial charge in [0.05, 0.1) is 0 Å². The molecule has 1 aromatic carbocycles. The van der Waals surface area contributed by atoms with Gasteiger partial charge in [-0.3, -0.25) is 4.79 Å². The summed E-state index contributed by atoms with van der Waals surface area (Å²) in [5, 5.41) is 0. The van der Waals surface area contributed by atoms with E-state index in [1.54, 1.807) is 18.5 Å². The van der Waals surface area contributed by atoms with Crippen molar-refractivity contribution in [3.63, 3.8) is 0 Å². The molecule has 0 saturated carbocycles. The minimum atomic E-state index is -2.88. The number of imidazole rings is 1. The monoisotopic (exact) mass is 314 g/mol. The Bertz CT molecular complexity index is 854. The van der Waals surface area contributed by atoms with Crippen LogP contribution < -0.4 is 4.74 Å². The van der Waals surface area contributed by atoms with Gasteiger partial charge in [0.1, 0.15) is 11.4 Å². The van der Waals surface area contributed by atoms with Crippen LogP contribution in [0.4, 0.5) is 8.78 Å². The fourth-order valence-electron chi connectivity index (χ4n) is 2.16. The highest BCUT2D eigenvalue weighted by molar-refractivity contribution is 6.06. The van der Waals surface area contributed by atoms with Crippen molar-refractivity contribution in [3.05, 3.63) is 72.2 Å². The number of benzene rings is 1. The minimum Gasteiger partial charge on any atom is -0.435 e. The van der Waals surface area contributed by atoms with Gasteiger partial charge in [-0.2, -0.15) is 8.78 Å². The highest BCUT2D eigenvalue weighted by Gasteiger charge is 2.06. The molecule has 0 saturated heterocycles. The number of ketones is 1. The van der Waals surface area contributed by atoms with Crippen molar-refractivity contribution >= 4 is 17.5 Å².